The van der Waals surface area contributed by atoms with Crippen molar-refractivity contribution in [1.29, 1.82) is 0 Å². The van der Waals surface area contributed by atoms with Crippen molar-refractivity contribution >= 4 is 0 Å². The van der Waals surface area contributed by atoms with Gasteiger partial charge in [-0.25, -0.2) is 0 Å². The minimum absolute atomic E-state index is 0.642. The fraction of sp³-hybridized carbons (Fsp3) is 1.00. The molecule has 3 rings (SSSR count). The van der Waals surface area contributed by atoms with Crippen molar-refractivity contribution in [3.8, 4) is 0 Å². The van der Waals surface area contributed by atoms with Crippen LogP contribution < -0.4 is 10.6 Å². The molecular weight excluding hydrogens is 112 g/mol. The van der Waals surface area contributed by atoms with E-state index in [0.29, 0.717) is 6.17 Å². The summed E-state index contributed by atoms with van der Waals surface area (Å²) in [4.78, 5) is 0. The fourth-order valence-corrected chi connectivity index (χ4v) is 1.80. The lowest BCUT2D eigenvalue weighted by Gasteiger charge is -2.24. The molecule has 3 aliphatic rings. The van der Waals surface area contributed by atoms with Crippen LogP contribution >= 0.6 is 0 Å². The first-order chi connectivity index (χ1) is 4.45. The van der Waals surface area contributed by atoms with Crippen molar-refractivity contribution in [2.45, 2.75) is 25.4 Å². The van der Waals surface area contributed by atoms with E-state index in [1.165, 1.54) is 32.4 Å². The van der Waals surface area contributed by atoms with Crippen LogP contribution in [-0.4, -0.2) is 19.3 Å². The van der Waals surface area contributed by atoms with Gasteiger partial charge in [0.05, 0.1) is 6.17 Å². The molecule has 0 spiro atoms. The second-order valence-electron chi connectivity index (χ2n) is 3.15. The Morgan fingerprint density at radius 1 is 1.00 bits per heavy atom. The van der Waals surface area contributed by atoms with E-state index in [0.717, 1.165) is 5.92 Å². The quantitative estimate of drug-likeness (QED) is 0.488. The van der Waals surface area contributed by atoms with Crippen molar-refractivity contribution in [3.05, 3.63) is 0 Å². The molecule has 2 N–H and O–H groups in total. The normalized spacial score (nSPS) is 42.7. The van der Waals surface area contributed by atoms with E-state index < -0.39 is 0 Å². The smallest absolute Gasteiger partial charge is 0.0571 e. The summed E-state index contributed by atoms with van der Waals surface area (Å²) < 4.78 is 0. The van der Waals surface area contributed by atoms with Crippen molar-refractivity contribution in [2.75, 3.05) is 13.1 Å². The molecular formula is C7H14N2. The van der Waals surface area contributed by atoms with Gasteiger partial charge in [-0.2, -0.15) is 0 Å². The zero-order chi connectivity index (χ0) is 6.10. The van der Waals surface area contributed by atoms with Gasteiger partial charge in [0.1, 0.15) is 0 Å². The molecule has 9 heavy (non-hydrogen) atoms. The van der Waals surface area contributed by atoms with E-state index >= 15 is 0 Å². The Hall–Kier alpha value is -0.0800. The average Bonchev–Trinajstić information content (AvgIpc) is 2.21. The Bertz CT molecular complexity index is 77.6. The maximum atomic E-state index is 3.47. The highest BCUT2D eigenvalue weighted by Crippen LogP contribution is 2.18. The second-order valence-corrected chi connectivity index (χ2v) is 3.15. The lowest BCUT2D eigenvalue weighted by Crippen LogP contribution is -2.43. The number of fused-ring (bicyclic) bond motifs is 4. The third-order valence-electron chi connectivity index (χ3n) is 2.46. The van der Waals surface area contributed by atoms with Gasteiger partial charge in [0.15, 0.2) is 0 Å². The van der Waals surface area contributed by atoms with Crippen LogP contribution in [0.3, 0.4) is 0 Å². The van der Waals surface area contributed by atoms with Gasteiger partial charge in [-0.15, -0.1) is 0 Å². The lowest BCUT2D eigenvalue weighted by atomic mass is 9.97. The largest absolute Gasteiger partial charge is 0.302 e. The van der Waals surface area contributed by atoms with E-state index in [9.17, 15) is 0 Å². The highest BCUT2D eigenvalue weighted by molar-refractivity contribution is 4.80. The van der Waals surface area contributed by atoms with Crippen molar-refractivity contribution in [1.82, 2.24) is 10.6 Å². The molecule has 3 heterocycles. The van der Waals surface area contributed by atoms with Gasteiger partial charge in [-0.1, -0.05) is 0 Å². The van der Waals surface area contributed by atoms with Gasteiger partial charge >= 0.3 is 0 Å². The third kappa shape index (κ3) is 1.10. The van der Waals surface area contributed by atoms with Crippen LogP contribution in [0.2, 0.25) is 0 Å². The van der Waals surface area contributed by atoms with Crippen molar-refractivity contribution in [2.24, 2.45) is 5.92 Å². The van der Waals surface area contributed by atoms with Crippen LogP contribution in [0.15, 0.2) is 0 Å². The van der Waals surface area contributed by atoms with Gasteiger partial charge < -0.3 is 10.6 Å². The van der Waals surface area contributed by atoms with Crippen molar-refractivity contribution in [3.63, 3.8) is 0 Å². The average molecular weight is 126 g/mol. The van der Waals surface area contributed by atoms with E-state index in [4.69, 9.17) is 0 Å². The Morgan fingerprint density at radius 3 is 2.78 bits per heavy atom. The highest BCUT2D eigenvalue weighted by Gasteiger charge is 2.23. The maximum Gasteiger partial charge on any atom is 0.0571 e. The summed E-state index contributed by atoms with van der Waals surface area (Å²) in [5, 5.41) is 6.93. The third-order valence-corrected chi connectivity index (χ3v) is 2.46. The topological polar surface area (TPSA) is 24.1 Å². The second kappa shape index (κ2) is 2.27. The summed E-state index contributed by atoms with van der Waals surface area (Å²) in [5.74, 6) is 0.969. The molecule has 0 saturated carbocycles. The molecule has 0 radical (unpaired) electrons. The van der Waals surface area contributed by atoms with Crippen LogP contribution in [0.4, 0.5) is 0 Å². The van der Waals surface area contributed by atoms with E-state index in [1.54, 1.807) is 0 Å². The van der Waals surface area contributed by atoms with Crippen LogP contribution in [0.1, 0.15) is 19.3 Å². The minimum atomic E-state index is 0.642. The summed E-state index contributed by atoms with van der Waals surface area (Å²) in [6.07, 6.45) is 4.79. The van der Waals surface area contributed by atoms with Gasteiger partial charge in [0, 0.05) is 0 Å². The molecule has 3 fully saturated rings. The number of hydrogen-bond acceptors (Lipinski definition) is 2. The molecule has 0 aromatic heterocycles. The molecule has 2 atom stereocenters. The summed E-state index contributed by atoms with van der Waals surface area (Å²) in [6, 6.07) is 0. The Balaban J connectivity index is 2.03. The first kappa shape index (κ1) is 5.69. The van der Waals surface area contributed by atoms with Crippen LogP contribution in [0.25, 0.3) is 0 Å². The summed E-state index contributed by atoms with van der Waals surface area (Å²) >= 11 is 0. The maximum absolute atomic E-state index is 3.47. The molecule has 2 nitrogen and oxygen atoms in total. The van der Waals surface area contributed by atoms with E-state index in [-0.39, 0.29) is 0 Å². The minimum Gasteiger partial charge on any atom is -0.302 e. The van der Waals surface area contributed by atoms with Crippen LogP contribution in [0.5, 0.6) is 0 Å². The van der Waals surface area contributed by atoms with Gasteiger partial charge in [-0.3, -0.25) is 0 Å². The zero-order valence-electron chi connectivity index (χ0n) is 5.69. The Labute approximate surface area is 56.0 Å². The monoisotopic (exact) mass is 126 g/mol. The van der Waals surface area contributed by atoms with E-state index in [2.05, 4.69) is 10.6 Å². The molecule has 0 aliphatic carbocycles. The molecule has 0 aromatic carbocycles. The molecule has 3 aliphatic heterocycles. The highest BCUT2D eigenvalue weighted by atomic mass is 15.1. The summed E-state index contributed by atoms with van der Waals surface area (Å²) in [6.45, 7) is 2.47. The number of piperidine rings is 1. The zero-order valence-corrected chi connectivity index (χ0v) is 5.69. The Morgan fingerprint density at radius 2 is 2.00 bits per heavy atom. The standard InChI is InChI=1S/C7H14N2/c1-2-7-8-4-3-6(1)5-9-7/h6-9H,1-5H2. The summed E-state index contributed by atoms with van der Waals surface area (Å²) in [5.41, 5.74) is 0. The molecule has 2 bridgehead atoms. The van der Waals surface area contributed by atoms with Crippen molar-refractivity contribution < 1.29 is 0 Å². The predicted molar refractivity (Wildman–Crippen MR) is 37.1 cm³/mol. The Kier molecular flexibility index (Phi) is 1.44. The molecule has 3 saturated heterocycles. The van der Waals surface area contributed by atoms with Crippen LogP contribution in [-0.2, 0) is 0 Å². The van der Waals surface area contributed by atoms with E-state index in [1.807, 2.05) is 0 Å². The van der Waals surface area contributed by atoms with Gasteiger partial charge in [-0.05, 0) is 38.3 Å². The molecule has 2 unspecified atom stereocenters. The lowest BCUT2D eigenvalue weighted by molar-refractivity contribution is 0.328. The molecule has 2 heteroatoms. The van der Waals surface area contributed by atoms with Crippen LogP contribution in [0, 0.1) is 5.92 Å². The first-order valence-corrected chi connectivity index (χ1v) is 3.92. The van der Waals surface area contributed by atoms with Gasteiger partial charge in [0.25, 0.3) is 0 Å². The fourth-order valence-electron chi connectivity index (χ4n) is 1.80. The number of hydrogen-bond donors (Lipinski definition) is 2. The predicted octanol–water partition coefficient (Wildman–Crippen LogP) is 0.305. The SMILES string of the molecule is C1CC2CCC(N1)NC2. The number of rotatable bonds is 0. The van der Waals surface area contributed by atoms with Gasteiger partial charge in [0.2, 0.25) is 0 Å². The molecule has 0 aromatic rings. The first-order valence-electron chi connectivity index (χ1n) is 3.92. The summed E-state index contributed by atoms with van der Waals surface area (Å²) in [7, 11) is 0. The number of nitrogens with one attached hydrogen (secondary N) is 2. The molecule has 0 amide bonds. The molecule has 52 valence electrons.